The zero-order valence-corrected chi connectivity index (χ0v) is 9.23. The van der Waals surface area contributed by atoms with Crippen LogP contribution in [-0.2, 0) is 28.6 Å². The van der Waals surface area contributed by atoms with Crippen LogP contribution in [0.5, 0.6) is 0 Å². The Bertz CT molecular complexity index is 449. The maximum atomic E-state index is 11.9. The molecule has 0 aromatic rings. The molecule has 1 aliphatic rings. The van der Waals surface area contributed by atoms with Crippen LogP contribution in [0.1, 0.15) is 6.42 Å². The first-order valence-electron chi connectivity index (χ1n) is 3.90. The Hall–Kier alpha value is -0.390. The predicted molar refractivity (Wildman–Crippen MR) is 44.2 cm³/mol. The third-order valence-electron chi connectivity index (χ3n) is 1.64. The van der Waals surface area contributed by atoms with Crippen LogP contribution in [0, 0.1) is 0 Å². The van der Waals surface area contributed by atoms with Gasteiger partial charge in [0.05, 0.1) is 12.7 Å². The molecule has 0 radical (unpaired) electrons. The quantitative estimate of drug-likeness (QED) is 0.523. The minimum absolute atomic E-state index is 0.242. The summed E-state index contributed by atoms with van der Waals surface area (Å²) in [7, 11) is -9.77. The molecule has 0 bridgehead atoms. The zero-order valence-electron chi connectivity index (χ0n) is 7.60. The average Bonchev–Trinajstić information content (AvgIpc) is 1.98. The Kier molecular flexibility index (Phi) is 3.53. The van der Waals surface area contributed by atoms with Gasteiger partial charge in [0.1, 0.15) is 5.75 Å². The van der Waals surface area contributed by atoms with Crippen LogP contribution >= 0.6 is 0 Å². The number of hydrogen-bond donors (Lipinski definition) is 0. The van der Waals surface area contributed by atoms with Crippen molar-refractivity contribution in [2.24, 2.45) is 0 Å². The average molecular weight is 284 g/mol. The molecule has 6 nitrogen and oxygen atoms in total. The van der Waals surface area contributed by atoms with E-state index in [0.717, 1.165) is 0 Å². The van der Waals surface area contributed by atoms with Crippen molar-refractivity contribution < 1.29 is 38.4 Å². The van der Waals surface area contributed by atoms with E-state index >= 15 is 0 Å². The lowest BCUT2D eigenvalue weighted by atomic mass is 10.3. The summed E-state index contributed by atoms with van der Waals surface area (Å²) >= 11 is 0. The summed E-state index contributed by atoms with van der Waals surface area (Å²) in [6, 6.07) is 0. The minimum Gasteiger partial charge on any atom is -0.270 e. The third kappa shape index (κ3) is 3.30. The van der Waals surface area contributed by atoms with Gasteiger partial charge in [-0.2, -0.15) is 30.0 Å². The second-order valence-electron chi connectivity index (χ2n) is 2.95. The highest BCUT2D eigenvalue weighted by Gasteiger charge is 2.49. The number of rotatable bonds is 2. The Morgan fingerprint density at radius 2 is 1.88 bits per heavy atom. The van der Waals surface area contributed by atoms with Gasteiger partial charge in [0.15, 0.2) is 0 Å². The largest absolute Gasteiger partial charge is 0.523 e. The molecule has 1 heterocycles. The maximum absolute atomic E-state index is 11.9. The van der Waals surface area contributed by atoms with Crippen molar-refractivity contribution in [3.63, 3.8) is 0 Å². The van der Waals surface area contributed by atoms with Crippen LogP contribution in [0.15, 0.2) is 0 Å². The molecule has 1 unspecified atom stereocenters. The minimum atomic E-state index is -5.77. The second-order valence-corrected chi connectivity index (χ2v) is 6.20. The lowest BCUT2D eigenvalue weighted by Crippen LogP contribution is -2.37. The van der Waals surface area contributed by atoms with Gasteiger partial charge in [0.2, 0.25) is 0 Å². The molecule has 11 heteroatoms. The molecule has 0 spiro atoms. The van der Waals surface area contributed by atoms with Crippen LogP contribution in [0.2, 0.25) is 0 Å². The SMILES string of the molecule is O=S1(=O)CC(OS(=O)(=O)C(F)(F)F)CCO1. The fourth-order valence-electron chi connectivity index (χ4n) is 0.975. The molecule has 1 atom stereocenters. The summed E-state index contributed by atoms with van der Waals surface area (Å²) in [5, 5.41) is 0. The topological polar surface area (TPSA) is 86.7 Å². The van der Waals surface area contributed by atoms with Gasteiger partial charge in [-0.25, -0.2) is 0 Å². The second kappa shape index (κ2) is 4.13. The van der Waals surface area contributed by atoms with E-state index in [9.17, 15) is 30.0 Å². The lowest BCUT2D eigenvalue weighted by Gasteiger charge is -2.21. The van der Waals surface area contributed by atoms with Crippen molar-refractivity contribution in [2.75, 3.05) is 12.4 Å². The van der Waals surface area contributed by atoms with Crippen molar-refractivity contribution in [3.05, 3.63) is 0 Å². The summed E-state index contributed by atoms with van der Waals surface area (Å²) in [6.45, 7) is -0.402. The Morgan fingerprint density at radius 1 is 1.31 bits per heavy atom. The molecule has 1 saturated heterocycles. The first-order chi connectivity index (χ1) is 7.04. The molecule has 0 aromatic carbocycles. The molecule has 96 valence electrons. The zero-order chi connectivity index (χ0) is 12.6. The van der Waals surface area contributed by atoms with Crippen LogP contribution in [0.25, 0.3) is 0 Å². The van der Waals surface area contributed by atoms with Crippen molar-refractivity contribution >= 4 is 20.2 Å². The Balaban J connectivity index is 2.76. The summed E-state index contributed by atoms with van der Waals surface area (Å²) in [6.07, 6.45) is -1.81. The predicted octanol–water partition coefficient (Wildman–Crippen LogP) is -0.0287. The molecule has 1 fully saturated rings. The highest BCUT2D eigenvalue weighted by atomic mass is 32.2. The van der Waals surface area contributed by atoms with E-state index in [0.29, 0.717) is 0 Å². The summed E-state index contributed by atoms with van der Waals surface area (Å²) in [5.74, 6) is -0.914. The van der Waals surface area contributed by atoms with E-state index in [1.54, 1.807) is 0 Å². The molecular formula is C5H7F3O6S2. The lowest BCUT2D eigenvalue weighted by molar-refractivity contribution is -0.0576. The van der Waals surface area contributed by atoms with Gasteiger partial charge in [-0.15, -0.1) is 0 Å². The first-order valence-corrected chi connectivity index (χ1v) is 6.89. The first kappa shape index (κ1) is 13.7. The molecule has 0 aliphatic carbocycles. The fraction of sp³-hybridized carbons (Fsp3) is 1.00. The number of hydrogen-bond acceptors (Lipinski definition) is 6. The highest BCUT2D eigenvalue weighted by molar-refractivity contribution is 7.88. The molecule has 0 saturated carbocycles. The smallest absolute Gasteiger partial charge is 0.270 e. The van der Waals surface area contributed by atoms with Gasteiger partial charge < -0.3 is 0 Å². The maximum Gasteiger partial charge on any atom is 0.523 e. The monoisotopic (exact) mass is 284 g/mol. The van der Waals surface area contributed by atoms with Crippen LogP contribution < -0.4 is 0 Å². The Morgan fingerprint density at radius 3 is 2.31 bits per heavy atom. The van der Waals surface area contributed by atoms with Gasteiger partial charge in [-0.1, -0.05) is 0 Å². The molecule has 1 aliphatic heterocycles. The van der Waals surface area contributed by atoms with Crippen LogP contribution in [0.4, 0.5) is 13.2 Å². The molecule has 16 heavy (non-hydrogen) atoms. The van der Waals surface area contributed by atoms with Crippen molar-refractivity contribution in [2.45, 2.75) is 18.0 Å². The molecule has 0 amide bonds. The van der Waals surface area contributed by atoms with Gasteiger partial charge in [-0.05, 0) is 0 Å². The molecule has 1 rings (SSSR count). The van der Waals surface area contributed by atoms with Gasteiger partial charge in [0, 0.05) is 6.42 Å². The fourth-order valence-corrected chi connectivity index (χ4v) is 2.83. The highest BCUT2D eigenvalue weighted by Crippen LogP contribution is 2.27. The normalized spacial score (nSPS) is 26.6. The van der Waals surface area contributed by atoms with E-state index in [4.69, 9.17) is 0 Å². The van der Waals surface area contributed by atoms with E-state index in [1.165, 1.54) is 0 Å². The summed E-state index contributed by atoms with van der Waals surface area (Å²) in [4.78, 5) is 0. The number of alkyl halides is 3. The summed E-state index contributed by atoms with van der Waals surface area (Å²) < 4.78 is 86.4. The Labute approximate surface area is 89.6 Å². The van der Waals surface area contributed by atoms with E-state index in [-0.39, 0.29) is 6.42 Å². The van der Waals surface area contributed by atoms with E-state index < -0.39 is 44.2 Å². The van der Waals surface area contributed by atoms with Crippen LogP contribution in [0.3, 0.4) is 0 Å². The number of halogens is 3. The molecule has 0 N–H and O–H groups in total. The van der Waals surface area contributed by atoms with Crippen molar-refractivity contribution in [1.82, 2.24) is 0 Å². The van der Waals surface area contributed by atoms with E-state index in [1.807, 2.05) is 0 Å². The van der Waals surface area contributed by atoms with Crippen molar-refractivity contribution in [3.8, 4) is 0 Å². The van der Waals surface area contributed by atoms with Crippen LogP contribution in [-0.4, -0.2) is 40.8 Å². The molecular weight excluding hydrogens is 277 g/mol. The summed E-state index contributed by atoms with van der Waals surface area (Å²) in [5.41, 5.74) is -5.56. The van der Waals surface area contributed by atoms with Crippen molar-refractivity contribution in [1.29, 1.82) is 0 Å². The third-order valence-corrected chi connectivity index (χ3v) is 4.04. The van der Waals surface area contributed by atoms with Gasteiger partial charge in [-0.3, -0.25) is 8.37 Å². The van der Waals surface area contributed by atoms with Gasteiger partial charge >= 0.3 is 15.6 Å². The standard InChI is InChI=1S/C5H7F3O6S2/c6-5(7,8)16(11,12)14-4-1-2-13-15(9,10)3-4/h4H,1-3H2. The van der Waals surface area contributed by atoms with E-state index in [2.05, 4.69) is 8.37 Å². The van der Waals surface area contributed by atoms with Gasteiger partial charge in [0.25, 0.3) is 10.1 Å². The molecule has 0 aromatic heterocycles.